The van der Waals surface area contributed by atoms with Crippen LogP contribution in [0, 0.1) is 0 Å². The Kier molecular flexibility index (Phi) is 7.51. The number of fused-ring (bicyclic) bond motifs is 1. The highest BCUT2D eigenvalue weighted by Gasteiger charge is 2.21. The molecule has 5 nitrogen and oxygen atoms in total. The summed E-state index contributed by atoms with van der Waals surface area (Å²) in [6.45, 7) is 6.23. The third-order valence-electron chi connectivity index (χ3n) is 5.88. The van der Waals surface area contributed by atoms with Crippen molar-refractivity contribution >= 4 is 16.9 Å². The Morgan fingerprint density at radius 2 is 1.96 bits per heavy atom. The number of hydrogen-bond acceptors (Lipinski definition) is 4. The molecule has 1 aromatic carbocycles. The van der Waals surface area contributed by atoms with Crippen LogP contribution in [0.4, 0.5) is 0 Å². The van der Waals surface area contributed by atoms with Crippen molar-refractivity contribution in [1.82, 2.24) is 15.1 Å². The number of likely N-dealkylation sites (tertiary alicyclic amines) is 1. The van der Waals surface area contributed by atoms with E-state index in [0.29, 0.717) is 12.6 Å². The van der Waals surface area contributed by atoms with E-state index in [9.17, 15) is 4.79 Å². The first-order valence-corrected chi connectivity index (χ1v) is 10.8. The summed E-state index contributed by atoms with van der Waals surface area (Å²) in [5, 5.41) is 4.05. The molecule has 2 aromatic rings. The van der Waals surface area contributed by atoms with Crippen molar-refractivity contribution in [2.75, 3.05) is 40.3 Å². The molecule has 0 saturated carbocycles. The summed E-state index contributed by atoms with van der Waals surface area (Å²) >= 11 is 0. The van der Waals surface area contributed by atoms with Crippen molar-refractivity contribution in [3.05, 3.63) is 35.6 Å². The second-order valence-electron chi connectivity index (χ2n) is 8.15. The van der Waals surface area contributed by atoms with Crippen LogP contribution in [0.3, 0.4) is 0 Å². The largest absolute Gasteiger partial charge is 0.460 e. The number of carbonyl (C=O) groups excluding carboxylic acids is 1. The van der Waals surface area contributed by atoms with E-state index in [2.05, 4.69) is 36.1 Å². The van der Waals surface area contributed by atoms with Crippen molar-refractivity contribution in [3.8, 4) is 0 Å². The highest BCUT2D eigenvalue weighted by Crippen LogP contribution is 2.27. The summed E-state index contributed by atoms with van der Waals surface area (Å²) < 4.78 is 5.98. The first kappa shape index (κ1) is 20.9. The second kappa shape index (κ2) is 10.1. The maximum Gasteiger partial charge on any atom is 0.255 e. The van der Waals surface area contributed by atoms with Crippen LogP contribution in [0.2, 0.25) is 0 Å². The molecule has 154 valence electrons. The number of piperidine rings is 1. The lowest BCUT2D eigenvalue weighted by molar-refractivity contribution is 0.0948. The summed E-state index contributed by atoms with van der Waals surface area (Å²) in [4.78, 5) is 17.7. The fraction of sp³-hybridized carbons (Fsp3) is 0.609. The number of unbranched alkanes of at least 4 members (excludes halogenated alkanes) is 1. The minimum absolute atomic E-state index is 0.00219. The minimum Gasteiger partial charge on any atom is -0.460 e. The zero-order valence-corrected chi connectivity index (χ0v) is 17.7. The number of nitrogens with one attached hydrogen (secondary N) is 1. The highest BCUT2D eigenvalue weighted by molar-refractivity contribution is 6.07. The molecule has 1 aliphatic heterocycles. The third kappa shape index (κ3) is 5.15. The molecule has 0 unspecified atom stereocenters. The van der Waals surface area contributed by atoms with Crippen LogP contribution in [-0.4, -0.2) is 62.0 Å². The van der Waals surface area contributed by atoms with Gasteiger partial charge in [-0.3, -0.25) is 4.79 Å². The maximum absolute atomic E-state index is 12.9. The molecule has 28 heavy (non-hydrogen) atoms. The van der Waals surface area contributed by atoms with Crippen molar-refractivity contribution in [2.24, 2.45) is 0 Å². The molecule has 1 N–H and O–H groups in total. The lowest BCUT2D eigenvalue weighted by Gasteiger charge is -2.35. The van der Waals surface area contributed by atoms with Crippen LogP contribution in [0.1, 0.15) is 55.1 Å². The van der Waals surface area contributed by atoms with Crippen LogP contribution < -0.4 is 5.32 Å². The monoisotopic (exact) mass is 385 g/mol. The van der Waals surface area contributed by atoms with E-state index in [1.165, 1.54) is 12.8 Å². The molecule has 0 bridgehead atoms. The predicted molar refractivity (Wildman–Crippen MR) is 115 cm³/mol. The molecule has 1 aromatic heterocycles. The first-order valence-electron chi connectivity index (χ1n) is 10.8. The van der Waals surface area contributed by atoms with Gasteiger partial charge in [0.1, 0.15) is 11.3 Å². The van der Waals surface area contributed by atoms with Gasteiger partial charge < -0.3 is 19.5 Å². The molecule has 5 heteroatoms. The van der Waals surface area contributed by atoms with Crippen molar-refractivity contribution in [3.63, 3.8) is 0 Å². The first-order chi connectivity index (χ1) is 13.6. The van der Waals surface area contributed by atoms with E-state index in [0.717, 1.165) is 67.6 Å². The van der Waals surface area contributed by atoms with E-state index in [-0.39, 0.29) is 5.91 Å². The van der Waals surface area contributed by atoms with E-state index in [1.807, 2.05) is 24.3 Å². The lowest BCUT2D eigenvalue weighted by atomic mass is 10.0. The molecule has 0 radical (unpaired) electrons. The van der Waals surface area contributed by atoms with E-state index in [1.54, 1.807) is 0 Å². The Labute approximate surface area is 169 Å². The van der Waals surface area contributed by atoms with Crippen LogP contribution in [0.5, 0.6) is 0 Å². The average molecular weight is 386 g/mol. The fourth-order valence-electron chi connectivity index (χ4n) is 4.11. The van der Waals surface area contributed by atoms with Gasteiger partial charge in [0.2, 0.25) is 0 Å². The summed E-state index contributed by atoms with van der Waals surface area (Å²) in [5.74, 6) is 0.827. The van der Waals surface area contributed by atoms with Gasteiger partial charge in [0.25, 0.3) is 5.91 Å². The number of benzene rings is 1. The number of nitrogens with zero attached hydrogens (tertiary/aromatic N) is 2. The number of amides is 1. The van der Waals surface area contributed by atoms with Crippen LogP contribution in [0.15, 0.2) is 28.7 Å². The van der Waals surface area contributed by atoms with Gasteiger partial charge in [-0.15, -0.1) is 0 Å². The van der Waals surface area contributed by atoms with Crippen LogP contribution in [-0.2, 0) is 6.42 Å². The molecular formula is C23H35N3O2. The van der Waals surface area contributed by atoms with E-state index >= 15 is 0 Å². The summed E-state index contributed by atoms with van der Waals surface area (Å²) in [7, 11) is 4.34. The van der Waals surface area contributed by atoms with Gasteiger partial charge in [0, 0.05) is 24.4 Å². The highest BCUT2D eigenvalue weighted by atomic mass is 16.3. The molecule has 0 aliphatic carbocycles. The Balaban J connectivity index is 1.51. The SMILES string of the molecule is CCCCc1oc2ccccc2c1C(=O)NCCCN1CCC(N(C)C)CC1. The zero-order chi connectivity index (χ0) is 19.9. The number of carbonyl (C=O) groups is 1. The number of hydrogen-bond donors (Lipinski definition) is 1. The zero-order valence-electron chi connectivity index (χ0n) is 17.7. The summed E-state index contributed by atoms with van der Waals surface area (Å²) in [6.07, 6.45) is 6.39. The maximum atomic E-state index is 12.9. The smallest absolute Gasteiger partial charge is 0.255 e. The predicted octanol–water partition coefficient (Wildman–Crippen LogP) is 3.92. The second-order valence-corrected chi connectivity index (χ2v) is 8.15. The lowest BCUT2D eigenvalue weighted by Crippen LogP contribution is -2.42. The molecule has 3 rings (SSSR count). The molecule has 1 fully saturated rings. The molecule has 0 spiro atoms. The van der Waals surface area contributed by atoms with Gasteiger partial charge in [-0.25, -0.2) is 0 Å². The molecule has 1 aliphatic rings. The number of para-hydroxylation sites is 1. The van der Waals surface area contributed by atoms with E-state index in [4.69, 9.17) is 4.42 Å². The molecule has 1 amide bonds. The van der Waals surface area contributed by atoms with Crippen LogP contribution in [0.25, 0.3) is 11.0 Å². The topological polar surface area (TPSA) is 48.7 Å². The number of furan rings is 1. The van der Waals surface area contributed by atoms with Crippen molar-refractivity contribution in [1.29, 1.82) is 0 Å². The standard InChI is InChI=1S/C23H35N3O2/c1-4-5-10-21-22(19-9-6-7-11-20(19)28-21)23(27)24-14-8-15-26-16-12-18(13-17-26)25(2)3/h6-7,9,11,18H,4-5,8,10,12-17H2,1-3H3,(H,24,27). The third-order valence-corrected chi connectivity index (χ3v) is 5.88. The summed E-state index contributed by atoms with van der Waals surface area (Å²) in [6, 6.07) is 8.57. The Hall–Kier alpha value is -1.85. The average Bonchev–Trinajstić information content (AvgIpc) is 3.08. The Bertz CT molecular complexity index is 760. The number of rotatable bonds is 9. The van der Waals surface area contributed by atoms with Gasteiger partial charge >= 0.3 is 0 Å². The van der Waals surface area contributed by atoms with Gasteiger partial charge in [-0.2, -0.15) is 0 Å². The van der Waals surface area contributed by atoms with Gasteiger partial charge in [-0.1, -0.05) is 31.5 Å². The number of aryl methyl sites for hydroxylation is 1. The summed E-state index contributed by atoms with van der Waals surface area (Å²) in [5.41, 5.74) is 1.54. The minimum atomic E-state index is 0.00219. The van der Waals surface area contributed by atoms with E-state index < -0.39 is 0 Å². The fourth-order valence-corrected chi connectivity index (χ4v) is 4.11. The molecule has 1 saturated heterocycles. The normalized spacial score (nSPS) is 16.1. The quantitative estimate of drug-likeness (QED) is 0.665. The Morgan fingerprint density at radius 3 is 2.68 bits per heavy atom. The van der Waals surface area contributed by atoms with Crippen molar-refractivity contribution < 1.29 is 9.21 Å². The van der Waals surface area contributed by atoms with Crippen molar-refractivity contribution in [2.45, 2.75) is 51.5 Å². The van der Waals surface area contributed by atoms with Gasteiger partial charge in [0.15, 0.2) is 0 Å². The molecule has 0 atom stereocenters. The molecule has 2 heterocycles. The molecular weight excluding hydrogens is 350 g/mol. The Morgan fingerprint density at radius 1 is 1.21 bits per heavy atom. The van der Waals surface area contributed by atoms with Gasteiger partial charge in [-0.05, 0) is 65.5 Å². The van der Waals surface area contributed by atoms with Crippen LogP contribution >= 0.6 is 0 Å². The van der Waals surface area contributed by atoms with Gasteiger partial charge in [0.05, 0.1) is 5.56 Å².